The van der Waals surface area contributed by atoms with Gasteiger partial charge in [-0.2, -0.15) is 0 Å². The zero-order valence-corrected chi connectivity index (χ0v) is 16.0. The largest absolute Gasteiger partial charge is 0.489 e. The molecule has 5 heteroatoms. The molecule has 1 aliphatic carbocycles. The number of aliphatic carboxylic acids is 1. The Balaban J connectivity index is 1.40. The van der Waals surface area contributed by atoms with E-state index < -0.39 is 11.4 Å². The van der Waals surface area contributed by atoms with E-state index >= 15 is 0 Å². The molecule has 2 aromatic carbocycles. The zero-order valence-electron chi connectivity index (χ0n) is 15.2. The summed E-state index contributed by atoms with van der Waals surface area (Å²) in [4.78, 5) is 14.1. The van der Waals surface area contributed by atoms with E-state index in [-0.39, 0.29) is 5.92 Å². The Bertz CT molecular complexity index is 840. The van der Waals surface area contributed by atoms with Crippen LogP contribution in [0, 0.1) is 11.3 Å². The first-order chi connectivity index (χ1) is 13.1. The molecule has 2 atom stereocenters. The van der Waals surface area contributed by atoms with Gasteiger partial charge in [-0.1, -0.05) is 48.4 Å². The molecule has 27 heavy (non-hydrogen) atoms. The van der Waals surface area contributed by atoms with Crippen LogP contribution in [0.3, 0.4) is 0 Å². The standard InChI is InChI=1S/C22H24ClNO3/c23-20-9-2-1-6-17(20)14-27-19-8-3-5-16(11-19)12-24-13-18-7-4-10-22(18,15-24)21(25)26/h1-3,5-6,8-9,11,18H,4,7,10,12-15H2,(H,25,26)/t18-,22+/m0/s1. The molecular weight excluding hydrogens is 362 g/mol. The number of carboxylic acid groups (broad SMARTS) is 1. The minimum absolute atomic E-state index is 0.287. The Kier molecular flexibility index (Phi) is 5.11. The molecular formula is C22H24ClNO3. The Morgan fingerprint density at radius 2 is 2.11 bits per heavy atom. The van der Waals surface area contributed by atoms with Crippen LogP contribution in [-0.2, 0) is 17.9 Å². The number of fused-ring (bicyclic) bond motifs is 1. The van der Waals surface area contributed by atoms with Crippen LogP contribution in [0.4, 0.5) is 0 Å². The van der Waals surface area contributed by atoms with Crippen molar-refractivity contribution < 1.29 is 14.6 Å². The molecule has 0 bridgehead atoms. The van der Waals surface area contributed by atoms with Crippen molar-refractivity contribution in [3.63, 3.8) is 0 Å². The van der Waals surface area contributed by atoms with E-state index in [1.54, 1.807) is 0 Å². The average molecular weight is 386 g/mol. The zero-order chi connectivity index (χ0) is 18.9. The lowest BCUT2D eigenvalue weighted by atomic mass is 9.81. The van der Waals surface area contributed by atoms with E-state index in [4.69, 9.17) is 16.3 Å². The summed E-state index contributed by atoms with van der Waals surface area (Å²) in [6.45, 7) is 2.71. The summed E-state index contributed by atoms with van der Waals surface area (Å²) in [5.41, 5.74) is 1.57. The SMILES string of the molecule is O=C(O)[C@@]12CCC[C@H]1CN(Cc1cccc(OCc3ccccc3Cl)c1)C2. The minimum atomic E-state index is -0.621. The monoisotopic (exact) mass is 385 g/mol. The van der Waals surface area contributed by atoms with Gasteiger partial charge in [0.1, 0.15) is 12.4 Å². The molecule has 0 unspecified atom stereocenters. The fraction of sp³-hybridized carbons (Fsp3) is 0.409. The molecule has 4 rings (SSSR count). The number of ether oxygens (including phenoxy) is 1. The molecule has 0 aromatic heterocycles. The maximum absolute atomic E-state index is 11.8. The first-order valence-corrected chi connectivity index (χ1v) is 9.85. The van der Waals surface area contributed by atoms with E-state index in [0.717, 1.165) is 49.2 Å². The van der Waals surface area contributed by atoms with Crippen LogP contribution in [0.15, 0.2) is 48.5 Å². The van der Waals surface area contributed by atoms with E-state index in [2.05, 4.69) is 11.0 Å². The van der Waals surface area contributed by atoms with E-state index in [9.17, 15) is 9.90 Å². The molecule has 0 radical (unpaired) electrons. The smallest absolute Gasteiger partial charge is 0.311 e. The predicted octanol–water partition coefficient (Wildman–Crippen LogP) is 4.61. The normalized spacial score (nSPS) is 24.7. The topological polar surface area (TPSA) is 49.8 Å². The second kappa shape index (κ2) is 7.53. The number of carboxylic acids is 1. The van der Waals surface area contributed by atoms with Gasteiger partial charge in [0.05, 0.1) is 5.41 Å². The van der Waals surface area contributed by atoms with E-state index in [0.29, 0.717) is 18.2 Å². The Morgan fingerprint density at radius 3 is 2.89 bits per heavy atom. The molecule has 1 saturated heterocycles. The van der Waals surface area contributed by atoms with Gasteiger partial charge >= 0.3 is 5.97 Å². The molecule has 2 aliphatic rings. The lowest BCUT2D eigenvalue weighted by Gasteiger charge is -2.23. The molecule has 142 valence electrons. The number of benzene rings is 2. The molecule has 0 spiro atoms. The van der Waals surface area contributed by atoms with Crippen molar-refractivity contribution in [3.05, 3.63) is 64.7 Å². The van der Waals surface area contributed by atoms with Crippen LogP contribution in [0.5, 0.6) is 5.75 Å². The summed E-state index contributed by atoms with van der Waals surface area (Å²) in [6, 6.07) is 15.7. The number of carbonyl (C=O) groups is 1. The van der Waals surface area contributed by atoms with Gasteiger partial charge in [-0.15, -0.1) is 0 Å². The minimum Gasteiger partial charge on any atom is -0.489 e. The van der Waals surface area contributed by atoms with Crippen molar-refractivity contribution in [1.82, 2.24) is 4.90 Å². The second-order valence-corrected chi connectivity index (χ2v) is 8.15. The maximum Gasteiger partial charge on any atom is 0.311 e. The molecule has 1 saturated carbocycles. The quantitative estimate of drug-likeness (QED) is 0.789. The molecule has 4 nitrogen and oxygen atoms in total. The van der Waals surface area contributed by atoms with Crippen molar-refractivity contribution >= 4 is 17.6 Å². The number of rotatable bonds is 6. The number of hydrogen-bond acceptors (Lipinski definition) is 3. The fourth-order valence-corrected chi connectivity index (χ4v) is 4.82. The first-order valence-electron chi connectivity index (χ1n) is 9.48. The highest BCUT2D eigenvalue weighted by atomic mass is 35.5. The van der Waals surface area contributed by atoms with Gasteiger partial charge < -0.3 is 9.84 Å². The van der Waals surface area contributed by atoms with Crippen LogP contribution < -0.4 is 4.74 Å². The Labute approximate surface area is 164 Å². The van der Waals surface area contributed by atoms with Crippen LogP contribution in [0.25, 0.3) is 0 Å². The highest BCUT2D eigenvalue weighted by Crippen LogP contribution is 2.49. The number of halogens is 1. The van der Waals surface area contributed by atoms with Crippen molar-refractivity contribution in [3.8, 4) is 5.75 Å². The molecule has 2 aromatic rings. The lowest BCUT2D eigenvalue weighted by molar-refractivity contribution is -0.149. The molecule has 1 heterocycles. The maximum atomic E-state index is 11.8. The first kappa shape index (κ1) is 18.3. The number of nitrogens with zero attached hydrogens (tertiary/aromatic N) is 1. The third kappa shape index (κ3) is 3.69. The predicted molar refractivity (Wildman–Crippen MR) is 105 cm³/mol. The summed E-state index contributed by atoms with van der Waals surface area (Å²) in [5.74, 6) is 0.471. The van der Waals surface area contributed by atoms with Crippen molar-refractivity contribution in [2.75, 3.05) is 13.1 Å². The number of likely N-dealkylation sites (tertiary alicyclic amines) is 1. The highest BCUT2D eigenvalue weighted by Gasteiger charge is 2.54. The van der Waals surface area contributed by atoms with E-state index in [1.807, 2.05) is 42.5 Å². The fourth-order valence-electron chi connectivity index (χ4n) is 4.63. The van der Waals surface area contributed by atoms with Gasteiger partial charge in [0.25, 0.3) is 0 Å². The van der Waals surface area contributed by atoms with Gasteiger partial charge in [0.15, 0.2) is 0 Å². The summed E-state index contributed by atoms with van der Waals surface area (Å²) in [5, 5.41) is 10.5. The van der Waals surface area contributed by atoms with Crippen molar-refractivity contribution in [1.29, 1.82) is 0 Å². The lowest BCUT2D eigenvalue weighted by Crippen LogP contribution is -2.35. The molecule has 1 N–H and O–H groups in total. The average Bonchev–Trinajstić information content (AvgIpc) is 3.19. The van der Waals surface area contributed by atoms with Crippen molar-refractivity contribution in [2.24, 2.45) is 11.3 Å². The molecule has 0 amide bonds. The summed E-state index contributed by atoms with van der Waals surface area (Å²) in [6.07, 6.45) is 2.88. The van der Waals surface area contributed by atoms with Gasteiger partial charge in [-0.05, 0) is 42.5 Å². The van der Waals surface area contributed by atoms with E-state index in [1.165, 1.54) is 0 Å². The summed E-state index contributed by atoms with van der Waals surface area (Å²) >= 11 is 6.19. The van der Waals surface area contributed by atoms with Crippen LogP contribution in [0.2, 0.25) is 5.02 Å². The van der Waals surface area contributed by atoms with Crippen LogP contribution in [-0.4, -0.2) is 29.1 Å². The molecule has 2 fully saturated rings. The Morgan fingerprint density at radius 1 is 1.26 bits per heavy atom. The second-order valence-electron chi connectivity index (χ2n) is 7.75. The van der Waals surface area contributed by atoms with Crippen LogP contribution in [0.1, 0.15) is 30.4 Å². The van der Waals surface area contributed by atoms with Crippen molar-refractivity contribution in [2.45, 2.75) is 32.4 Å². The van der Waals surface area contributed by atoms with Gasteiger partial charge in [0.2, 0.25) is 0 Å². The van der Waals surface area contributed by atoms with Crippen LogP contribution >= 0.6 is 11.6 Å². The number of hydrogen-bond donors (Lipinski definition) is 1. The highest BCUT2D eigenvalue weighted by molar-refractivity contribution is 6.31. The molecule has 1 aliphatic heterocycles. The Hall–Kier alpha value is -2.04. The van der Waals surface area contributed by atoms with Gasteiger partial charge in [0, 0.05) is 30.2 Å². The third-order valence-corrected chi connectivity index (χ3v) is 6.39. The van der Waals surface area contributed by atoms with Gasteiger partial charge in [-0.3, -0.25) is 9.69 Å². The summed E-state index contributed by atoms with van der Waals surface area (Å²) < 4.78 is 5.91. The van der Waals surface area contributed by atoms with Gasteiger partial charge in [-0.25, -0.2) is 0 Å². The third-order valence-electron chi connectivity index (χ3n) is 6.02. The summed E-state index contributed by atoms with van der Waals surface area (Å²) in [7, 11) is 0.